The molecule has 2 atom stereocenters. The average Bonchev–Trinajstić information content (AvgIpc) is 3.02. The van der Waals surface area contributed by atoms with Gasteiger partial charge in [-0.1, -0.05) is 72.8 Å². The summed E-state index contributed by atoms with van der Waals surface area (Å²) in [5.74, 6) is -2.07. The van der Waals surface area contributed by atoms with Crippen LogP contribution in [0, 0.1) is 0 Å². The first-order valence-corrected chi connectivity index (χ1v) is 13.7. The third-order valence-corrected chi connectivity index (χ3v) is 6.87. The molecule has 8 nitrogen and oxygen atoms in total. The molecule has 42 heavy (non-hydrogen) atoms. The van der Waals surface area contributed by atoms with Crippen LogP contribution in [0.5, 0.6) is 0 Å². The van der Waals surface area contributed by atoms with Gasteiger partial charge in [0, 0.05) is 11.1 Å². The Bertz CT molecular complexity index is 1460. The summed E-state index contributed by atoms with van der Waals surface area (Å²) in [7, 11) is 0. The van der Waals surface area contributed by atoms with E-state index in [4.69, 9.17) is 9.47 Å². The Balaban J connectivity index is 1.45. The molecule has 4 aromatic rings. The minimum atomic E-state index is -0.630. The van der Waals surface area contributed by atoms with Crippen molar-refractivity contribution in [3.8, 4) is 0 Å². The number of carbonyl (C=O) groups is 4. The summed E-state index contributed by atoms with van der Waals surface area (Å²) in [4.78, 5) is 52.5. The fraction of sp³-hybridized carbons (Fsp3) is 0.176. The molecular weight excluding hydrogens is 532 g/mol. The van der Waals surface area contributed by atoms with Crippen molar-refractivity contribution in [3.63, 3.8) is 0 Å². The molecule has 5 rings (SSSR count). The summed E-state index contributed by atoms with van der Waals surface area (Å²) in [5.41, 5.74) is 2.82. The van der Waals surface area contributed by atoms with Crippen LogP contribution < -0.4 is 10.6 Å². The lowest BCUT2D eigenvalue weighted by molar-refractivity contribution is 0.0450. The lowest BCUT2D eigenvalue weighted by Crippen LogP contribution is -2.41. The molecule has 0 radical (unpaired) electrons. The van der Waals surface area contributed by atoms with Crippen molar-refractivity contribution >= 4 is 23.8 Å². The highest BCUT2D eigenvalue weighted by atomic mass is 16.5. The van der Waals surface area contributed by atoms with Crippen molar-refractivity contribution in [3.05, 3.63) is 143 Å². The third-order valence-electron chi connectivity index (χ3n) is 6.87. The van der Waals surface area contributed by atoms with E-state index >= 15 is 0 Å². The van der Waals surface area contributed by atoms with E-state index in [1.54, 1.807) is 36.4 Å². The van der Waals surface area contributed by atoms with Gasteiger partial charge in [-0.05, 0) is 60.4 Å². The molecule has 4 bridgehead atoms. The van der Waals surface area contributed by atoms with Gasteiger partial charge in [0.25, 0.3) is 11.8 Å². The van der Waals surface area contributed by atoms with Crippen molar-refractivity contribution in [2.45, 2.75) is 24.9 Å². The molecule has 0 fully saturated rings. The Labute approximate surface area is 243 Å². The van der Waals surface area contributed by atoms with Crippen molar-refractivity contribution in [1.82, 2.24) is 10.6 Å². The Morgan fingerprint density at radius 3 is 1.31 bits per heavy atom. The summed E-state index contributed by atoms with van der Waals surface area (Å²) >= 11 is 0. The first-order chi connectivity index (χ1) is 20.4. The van der Waals surface area contributed by atoms with Gasteiger partial charge in [-0.3, -0.25) is 9.59 Å². The number of esters is 2. The van der Waals surface area contributed by atoms with Crippen LogP contribution in [0.2, 0.25) is 0 Å². The van der Waals surface area contributed by atoms with E-state index in [2.05, 4.69) is 10.6 Å². The Morgan fingerprint density at radius 2 is 0.881 bits per heavy atom. The number of fused-ring (bicyclic) bond motifs is 4. The molecule has 0 spiro atoms. The molecule has 0 unspecified atom stereocenters. The van der Waals surface area contributed by atoms with Crippen LogP contribution >= 0.6 is 0 Å². The minimum absolute atomic E-state index is 0.102. The molecule has 0 aliphatic carbocycles. The monoisotopic (exact) mass is 562 g/mol. The predicted octanol–water partition coefficient (Wildman–Crippen LogP) is 4.40. The minimum Gasteiger partial charge on any atom is -0.460 e. The van der Waals surface area contributed by atoms with Crippen LogP contribution in [0.4, 0.5) is 0 Å². The Kier molecular flexibility index (Phi) is 9.03. The van der Waals surface area contributed by atoms with Gasteiger partial charge >= 0.3 is 11.9 Å². The molecule has 212 valence electrons. The van der Waals surface area contributed by atoms with Crippen LogP contribution in [-0.4, -0.2) is 49.1 Å². The number of rotatable bonds is 4. The molecule has 2 amide bonds. The van der Waals surface area contributed by atoms with Crippen LogP contribution in [0.3, 0.4) is 0 Å². The molecule has 1 heterocycles. The fourth-order valence-electron chi connectivity index (χ4n) is 4.73. The number of cyclic esters (lactones) is 2. The predicted molar refractivity (Wildman–Crippen MR) is 156 cm³/mol. The summed E-state index contributed by atoms with van der Waals surface area (Å²) in [6.07, 6.45) is 0.821. The lowest BCUT2D eigenvalue weighted by Gasteiger charge is -2.21. The lowest BCUT2D eigenvalue weighted by atomic mass is 10.0. The maximum Gasteiger partial charge on any atom is 0.338 e. The van der Waals surface area contributed by atoms with Gasteiger partial charge in [-0.25, -0.2) is 9.59 Å². The Morgan fingerprint density at radius 1 is 0.500 bits per heavy atom. The molecule has 4 aromatic carbocycles. The van der Waals surface area contributed by atoms with Gasteiger partial charge in [0.15, 0.2) is 0 Å². The highest BCUT2D eigenvalue weighted by molar-refractivity contribution is 6.00. The molecule has 0 aromatic heterocycles. The van der Waals surface area contributed by atoms with Gasteiger partial charge in [-0.2, -0.15) is 0 Å². The summed E-state index contributed by atoms with van der Waals surface area (Å²) in [6.45, 7) is -0.203. The first-order valence-electron chi connectivity index (χ1n) is 13.7. The SMILES string of the molecule is O=C1N[C@H](Cc2ccccc2)COC(=O)c2cccc(c2)C(=O)OC[C@@H](Cc2ccccc2)NC(=O)c2cccc1c2. The summed E-state index contributed by atoms with van der Waals surface area (Å²) < 4.78 is 11.2. The van der Waals surface area contributed by atoms with E-state index in [0.717, 1.165) is 11.1 Å². The number of ether oxygens (including phenoxy) is 2. The van der Waals surface area contributed by atoms with E-state index in [0.29, 0.717) is 12.8 Å². The largest absolute Gasteiger partial charge is 0.460 e. The van der Waals surface area contributed by atoms with E-state index < -0.39 is 35.8 Å². The number of hydrogen-bond acceptors (Lipinski definition) is 6. The average molecular weight is 563 g/mol. The van der Waals surface area contributed by atoms with E-state index in [9.17, 15) is 19.2 Å². The van der Waals surface area contributed by atoms with Crippen molar-refractivity contribution in [2.24, 2.45) is 0 Å². The second-order valence-electron chi connectivity index (χ2n) is 10.1. The Hall–Kier alpha value is -5.24. The highest BCUT2D eigenvalue weighted by Crippen LogP contribution is 2.14. The molecule has 1 aliphatic heterocycles. The molecule has 1 aliphatic rings. The molecule has 0 saturated carbocycles. The molecule has 0 saturated heterocycles. The zero-order valence-corrected chi connectivity index (χ0v) is 22.8. The number of hydrogen-bond donors (Lipinski definition) is 2. The van der Waals surface area contributed by atoms with Gasteiger partial charge < -0.3 is 20.1 Å². The van der Waals surface area contributed by atoms with Crippen LogP contribution in [0.1, 0.15) is 52.6 Å². The normalized spacial score (nSPS) is 18.0. The number of carbonyl (C=O) groups excluding carboxylic acids is 4. The van der Waals surface area contributed by atoms with Gasteiger partial charge in [0.2, 0.25) is 0 Å². The summed E-state index contributed by atoms with van der Waals surface area (Å²) in [6, 6.07) is 30.4. The first kappa shape index (κ1) is 28.3. The van der Waals surface area contributed by atoms with Crippen molar-refractivity contribution in [2.75, 3.05) is 13.2 Å². The van der Waals surface area contributed by atoms with Crippen molar-refractivity contribution in [1.29, 1.82) is 0 Å². The van der Waals surface area contributed by atoms with E-state index in [1.807, 2.05) is 60.7 Å². The van der Waals surface area contributed by atoms with Gasteiger partial charge in [0.05, 0.1) is 23.2 Å². The van der Waals surface area contributed by atoms with Gasteiger partial charge in [-0.15, -0.1) is 0 Å². The van der Waals surface area contributed by atoms with Gasteiger partial charge in [0.1, 0.15) is 13.2 Å². The van der Waals surface area contributed by atoms with Crippen LogP contribution in [0.25, 0.3) is 0 Å². The maximum atomic E-state index is 13.3. The van der Waals surface area contributed by atoms with Crippen LogP contribution in [0.15, 0.2) is 109 Å². The van der Waals surface area contributed by atoms with E-state index in [1.165, 1.54) is 12.1 Å². The molecule has 8 heteroatoms. The second-order valence-corrected chi connectivity index (χ2v) is 10.1. The third kappa shape index (κ3) is 7.48. The number of amides is 2. The zero-order chi connectivity index (χ0) is 29.3. The maximum absolute atomic E-state index is 13.3. The molecular formula is C34H30N2O6. The molecule has 2 N–H and O–H groups in total. The number of benzene rings is 4. The smallest absolute Gasteiger partial charge is 0.338 e. The van der Waals surface area contributed by atoms with E-state index in [-0.39, 0.29) is 35.5 Å². The van der Waals surface area contributed by atoms with Crippen LogP contribution in [-0.2, 0) is 22.3 Å². The second kappa shape index (κ2) is 13.4. The quantitative estimate of drug-likeness (QED) is 0.357. The topological polar surface area (TPSA) is 111 Å². The fourth-order valence-corrected chi connectivity index (χ4v) is 4.73. The standard InChI is InChI=1S/C34H30N2O6/c37-31-25-13-7-14-26(19-25)32(38)36-30(18-24-11-5-2-6-12-24)22-42-34(40)28-16-8-15-27(20-28)33(39)41-21-29(35-31)17-23-9-3-1-4-10-23/h1-16,19-20,29-30H,17-18,21-22H2,(H,35,37)(H,36,38)/t29-,30-/m1/s1. The zero-order valence-electron chi connectivity index (χ0n) is 22.8. The summed E-state index contributed by atoms with van der Waals surface area (Å²) in [5, 5.41) is 5.89. The number of nitrogens with one attached hydrogen (secondary N) is 2. The van der Waals surface area contributed by atoms with Crippen molar-refractivity contribution < 1.29 is 28.7 Å². The highest BCUT2D eigenvalue weighted by Gasteiger charge is 2.22.